The third-order valence-corrected chi connectivity index (χ3v) is 3.42. The van der Waals surface area contributed by atoms with Crippen molar-refractivity contribution in [1.29, 1.82) is 0 Å². The van der Waals surface area contributed by atoms with Gasteiger partial charge in [-0.05, 0) is 30.7 Å². The Bertz CT molecular complexity index is 815. The number of rotatable bonds is 6. The minimum absolute atomic E-state index is 0.271. The number of hydrogen-bond acceptors (Lipinski definition) is 5. The van der Waals surface area contributed by atoms with Crippen LogP contribution in [0.5, 0.6) is 0 Å². The molecule has 1 aromatic carbocycles. The molecule has 0 spiro atoms. The first kappa shape index (κ1) is 15.7. The number of benzene rings is 1. The van der Waals surface area contributed by atoms with E-state index >= 15 is 0 Å². The summed E-state index contributed by atoms with van der Waals surface area (Å²) in [4.78, 5) is 20.5. The van der Waals surface area contributed by atoms with Crippen LogP contribution in [-0.2, 0) is 13.1 Å². The predicted octanol–water partition coefficient (Wildman–Crippen LogP) is 2.92. The van der Waals surface area contributed by atoms with E-state index in [1.165, 1.54) is 5.56 Å². The average molecular weight is 322 g/mol. The second kappa shape index (κ2) is 7.41. The molecule has 24 heavy (non-hydrogen) atoms. The lowest BCUT2D eigenvalue weighted by molar-refractivity contribution is 0.0943. The van der Waals surface area contributed by atoms with Crippen LogP contribution in [0.1, 0.15) is 27.4 Å². The number of nitrogens with zero attached hydrogens (tertiary/aromatic N) is 2. The van der Waals surface area contributed by atoms with E-state index in [9.17, 15) is 4.79 Å². The van der Waals surface area contributed by atoms with E-state index in [0.29, 0.717) is 30.5 Å². The summed E-state index contributed by atoms with van der Waals surface area (Å²) >= 11 is 0. The largest absolute Gasteiger partial charge is 0.467 e. The number of anilines is 1. The van der Waals surface area contributed by atoms with Crippen LogP contribution in [0, 0.1) is 6.92 Å². The molecule has 1 amide bonds. The molecule has 0 saturated heterocycles. The highest BCUT2D eigenvalue weighted by Gasteiger charge is 2.09. The summed E-state index contributed by atoms with van der Waals surface area (Å²) in [5.74, 6) is 0.838. The van der Waals surface area contributed by atoms with E-state index in [1.54, 1.807) is 30.7 Å². The molecule has 0 bridgehead atoms. The van der Waals surface area contributed by atoms with Crippen molar-refractivity contribution in [2.75, 3.05) is 5.32 Å². The quantitative estimate of drug-likeness (QED) is 0.729. The van der Waals surface area contributed by atoms with E-state index < -0.39 is 0 Å². The van der Waals surface area contributed by atoms with Crippen LogP contribution in [0.3, 0.4) is 0 Å². The van der Waals surface area contributed by atoms with Gasteiger partial charge in [-0.2, -0.15) is 0 Å². The molecular weight excluding hydrogens is 304 g/mol. The van der Waals surface area contributed by atoms with Gasteiger partial charge in [0.15, 0.2) is 0 Å². The predicted molar refractivity (Wildman–Crippen MR) is 90.4 cm³/mol. The highest BCUT2D eigenvalue weighted by atomic mass is 16.3. The van der Waals surface area contributed by atoms with Crippen LogP contribution in [-0.4, -0.2) is 15.9 Å². The summed E-state index contributed by atoms with van der Waals surface area (Å²) in [5.41, 5.74) is 2.64. The van der Waals surface area contributed by atoms with Gasteiger partial charge in [0, 0.05) is 12.7 Å². The first-order valence-electron chi connectivity index (χ1n) is 7.64. The van der Waals surface area contributed by atoms with E-state index in [0.717, 1.165) is 5.56 Å². The van der Waals surface area contributed by atoms with Crippen LogP contribution >= 0.6 is 0 Å². The number of carbonyl (C=O) groups is 1. The molecule has 0 aliphatic rings. The minimum atomic E-state index is -0.271. The Hall–Kier alpha value is -3.15. The average Bonchev–Trinajstić information content (AvgIpc) is 3.12. The number of nitrogens with one attached hydrogen (secondary N) is 2. The van der Waals surface area contributed by atoms with Crippen LogP contribution in [0.15, 0.2) is 59.3 Å². The molecule has 0 saturated carbocycles. The van der Waals surface area contributed by atoms with E-state index in [4.69, 9.17) is 4.42 Å². The van der Waals surface area contributed by atoms with Crippen LogP contribution in [0.4, 0.5) is 5.95 Å². The Labute approximate surface area is 140 Å². The molecule has 0 unspecified atom stereocenters. The first-order chi connectivity index (χ1) is 11.7. The van der Waals surface area contributed by atoms with Gasteiger partial charge in [-0.25, -0.2) is 9.97 Å². The molecule has 6 nitrogen and oxygen atoms in total. The fraction of sp³-hybridized carbons (Fsp3) is 0.167. The smallest absolute Gasteiger partial charge is 0.270 e. The van der Waals surface area contributed by atoms with Crippen molar-refractivity contribution in [3.63, 3.8) is 0 Å². The van der Waals surface area contributed by atoms with Gasteiger partial charge in [0.1, 0.15) is 11.5 Å². The Kier molecular flexibility index (Phi) is 4.86. The van der Waals surface area contributed by atoms with Crippen molar-refractivity contribution in [2.24, 2.45) is 0 Å². The van der Waals surface area contributed by atoms with Crippen LogP contribution in [0.25, 0.3) is 0 Å². The summed E-state index contributed by atoms with van der Waals surface area (Å²) in [6.45, 7) is 2.96. The molecule has 0 fully saturated rings. The van der Waals surface area contributed by atoms with Gasteiger partial charge in [0.05, 0.1) is 12.8 Å². The highest BCUT2D eigenvalue weighted by Crippen LogP contribution is 2.07. The lowest BCUT2D eigenvalue weighted by Crippen LogP contribution is -2.24. The molecule has 2 N–H and O–H groups in total. The van der Waals surface area contributed by atoms with Crippen molar-refractivity contribution in [1.82, 2.24) is 15.3 Å². The van der Waals surface area contributed by atoms with Gasteiger partial charge >= 0.3 is 0 Å². The van der Waals surface area contributed by atoms with Gasteiger partial charge in [0.25, 0.3) is 5.91 Å². The molecule has 0 radical (unpaired) electrons. The fourth-order valence-corrected chi connectivity index (χ4v) is 2.24. The SMILES string of the molecule is Cc1cccc(CNc2nccc(C(=O)NCc3ccco3)n2)c1. The molecule has 0 aliphatic heterocycles. The summed E-state index contributed by atoms with van der Waals surface area (Å²) in [6.07, 6.45) is 3.13. The molecule has 6 heteroatoms. The Balaban J connectivity index is 1.60. The van der Waals surface area contributed by atoms with Crippen molar-refractivity contribution >= 4 is 11.9 Å². The Morgan fingerprint density at radius 2 is 2.08 bits per heavy atom. The Morgan fingerprint density at radius 1 is 1.17 bits per heavy atom. The summed E-state index contributed by atoms with van der Waals surface area (Å²) in [6, 6.07) is 13.3. The second-order valence-corrected chi connectivity index (χ2v) is 5.37. The number of furan rings is 1. The van der Waals surface area contributed by atoms with E-state index in [1.807, 2.05) is 25.1 Å². The van der Waals surface area contributed by atoms with Crippen molar-refractivity contribution < 1.29 is 9.21 Å². The number of aryl methyl sites for hydroxylation is 1. The third kappa shape index (κ3) is 4.19. The monoisotopic (exact) mass is 322 g/mol. The molecule has 2 aromatic heterocycles. The number of amides is 1. The van der Waals surface area contributed by atoms with Crippen molar-refractivity contribution in [3.8, 4) is 0 Å². The standard InChI is InChI=1S/C18H18N4O2/c1-13-4-2-5-14(10-13)11-21-18-19-8-7-16(22-18)17(23)20-12-15-6-3-9-24-15/h2-10H,11-12H2,1H3,(H,20,23)(H,19,21,22). The molecule has 0 atom stereocenters. The normalized spacial score (nSPS) is 10.4. The summed E-state index contributed by atoms with van der Waals surface area (Å²) < 4.78 is 5.18. The Morgan fingerprint density at radius 3 is 2.88 bits per heavy atom. The zero-order chi connectivity index (χ0) is 16.8. The molecule has 3 aromatic rings. The topological polar surface area (TPSA) is 80.0 Å². The molecular formula is C18H18N4O2. The van der Waals surface area contributed by atoms with Gasteiger partial charge in [-0.3, -0.25) is 4.79 Å². The lowest BCUT2D eigenvalue weighted by Gasteiger charge is -2.07. The van der Waals surface area contributed by atoms with Gasteiger partial charge in [-0.15, -0.1) is 0 Å². The molecule has 2 heterocycles. The maximum Gasteiger partial charge on any atom is 0.270 e. The zero-order valence-electron chi connectivity index (χ0n) is 13.3. The zero-order valence-corrected chi connectivity index (χ0v) is 13.3. The summed E-state index contributed by atoms with van der Waals surface area (Å²) in [7, 11) is 0. The first-order valence-corrected chi connectivity index (χ1v) is 7.64. The lowest BCUT2D eigenvalue weighted by atomic mass is 10.1. The van der Waals surface area contributed by atoms with Gasteiger partial charge < -0.3 is 15.1 Å². The summed E-state index contributed by atoms with van der Waals surface area (Å²) in [5, 5.41) is 5.89. The number of carbonyl (C=O) groups excluding carboxylic acids is 1. The van der Waals surface area contributed by atoms with Crippen LogP contribution < -0.4 is 10.6 Å². The van der Waals surface area contributed by atoms with E-state index in [2.05, 4.69) is 26.7 Å². The molecule has 0 aliphatic carbocycles. The van der Waals surface area contributed by atoms with Gasteiger partial charge in [-0.1, -0.05) is 29.8 Å². The molecule has 3 rings (SSSR count). The van der Waals surface area contributed by atoms with E-state index in [-0.39, 0.29) is 5.91 Å². The third-order valence-electron chi connectivity index (χ3n) is 3.42. The maximum atomic E-state index is 12.1. The highest BCUT2D eigenvalue weighted by molar-refractivity contribution is 5.92. The van der Waals surface area contributed by atoms with Gasteiger partial charge in [0.2, 0.25) is 5.95 Å². The van der Waals surface area contributed by atoms with Crippen LogP contribution in [0.2, 0.25) is 0 Å². The second-order valence-electron chi connectivity index (χ2n) is 5.37. The molecule has 122 valence electrons. The fourth-order valence-electron chi connectivity index (χ4n) is 2.24. The maximum absolute atomic E-state index is 12.1. The van der Waals surface area contributed by atoms with Crippen molar-refractivity contribution in [2.45, 2.75) is 20.0 Å². The minimum Gasteiger partial charge on any atom is -0.467 e. The number of aromatic nitrogens is 2. The number of hydrogen-bond donors (Lipinski definition) is 2. The van der Waals surface area contributed by atoms with Crippen molar-refractivity contribution in [3.05, 3.63) is 77.5 Å².